The van der Waals surface area contributed by atoms with Gasteiger partial charge in [0, 0.05) is 31.2 Å². The van der Waals surface area contributed by atoms with E-state index in [0.717, 1.165) is 4.90 Å². The molecule has 22 nitrogen and oxygen atoms in total. The number of nitrogens with two attached hydrogens (primary N) is 2. The molecule has 9 amide bonds. The second kappa shape index (κ2) is 21.3. The first-order valence-electron chi connectivity index (χ1n) is 17.3. The lowest BCUT2D eigenvalue weighted by Gasteiger charge is -2.32. The Balaban J connectivity index is 2.57. The largest absolute Gasteiger partial charge is 0.394 e. The SMILES string of the molecule is CC[C@H](C)[C@@H]1NC(=O)CNC(=O)[C@H](CN)NC(=O)[C@H]([C@@H](C)[C@@H](O)CO)NC(=O)[C@@H]2C[C@@H](O)CN2C(=O)[C@H](CC(N)=O)NC(=O)[C@H](CS)NC(=O)CNC1=O. The van der Waals surface area contributed by atoms with Gasteiger partial charge >= 0.3 is 0 Å². The Morgan fingerprint density at radius 1 is 0.833 bits per heavy atom. The Morgan fingerprint density at radius 2 is 1.43 bits per heavy atom. The molecule has 0 spiro atoms. The monoisotopic (exact) mass is 788 g/mol. The van der Waals surface area contributed by atoms with Crippen LogP contribution in [-0.2, 0) is 43.2 Å². The normalized spacial score (nSPS) is 29.1. The lowest BCUT2D eigenvalue weighted by Crippen LogP contribution is -2.62. The topological polar surface area (TPSA) is 354 Å². The number of thiol groups is 1. The fourth-order valence-corrected chi connectivity index (χ4v) is 5.94. The van der Waals surface area contributed by atoms with Gasteiger partial charge in [-0.15, -0.1) is 0 Å². The number of amides is 9. The van der Waals surface area contributed by atoms with E-state index >= 15 is 0 Å². The van der Waals surface area contributed by atoms with Gasteiger partial charge in [0.25, 0.3) is 0 Å². The molecule has 2 saturated heterocycles. The number of carbonyl (C=O) groups is 9. The van der Waals surface area contributed by atoms with Crippen molar-refractivity contribution < 1.29 is 58.5 Å². The van der Waals surface area contributed by atoms with Crippen LogP contribution in [0.1, 0.15) is 40.0 Å². The molecule has 0 bridgehead atoms. The number of hydrogen-bond donors (Lipinski definition) is 13. The van der Waals surface area contributed by atoms with Crippen molar-refractivity contribution in [1.29, 1.82) is 0 Å². The smallest absolute Gasteiger partial charge is 0.246 e. The van der Waals surface area contributed by atoms with E-state index in [2.05, 4.69) is 49.8 Å². The summed E-state index contributed by atoms with van der Waals surface area (Å²) < 4.78 is 0. The van der Waals surface area contributed by atoms with Crippen LogP contribution in [0.3, 0.4) is 0 Å². The number of rotatable bonds is 9. The van der Waals surface area contributed by atoms with Crippen LogP contribution in [0.5, 0.6) is 0 Å². The first-order valence-corrected chi connectivity index (χ1v) is 17.9. The fraction of sp³-hybridized carbons (Fsp3) is 0.710. The van der Waals surface area contributed by atoms with Crippen LogP contribution >= 0.6 is 12.6 Å². The highest BCUT2D eigenvalue weighted by molar-refractivity contribution is 7.80. The van der Waals surface area contributed by atoms with E-state index in [-0.39, 0.29) is 12.2 Å². The standard InChI is InChI=1S/C31H52N10O12S/c1-4-13(2)24-29(51)35-8-22(46)36-18(12-54)27(49)37-16(6-21(33)45)31(53)41-10-15(43)5-19(41)28(50)40-25(14(3)20(44)11-42)30(52)38-17(7-32)26(48)34-9-23(47)39-24/h13-20,24-25,42-44,54H,4-12,32H2,1-3H3,(H2,33,45)(H,34,48)(H,35,51)(H,36,46)(H,37,49)(H,38,52)(H,39,47)(H,40,50)/t13-,14-,15+,16-,17-,18-,19-,20-,24-,25-/m0/s1. The maximum absolute atomic E-state index is 13.8. The molecule has 304 valence electrons. The van der Waals surface area contributed by atoms with E-state index in [1.165, 1.54) is 6.92 Å². The summed E-state index contributed by atoms with van der Waals surface area (Å²) in [6.07, 6.45) is -3.60. The second-order valence-corrected chi connectivity index (χ2v) is 13.6. The Hall–Kier alpha value is -4.58. The molecule has 54 heavy (non-hydrogen) atoms. The lowest BCUT2D eigenvalue weighted by molar-refractivity contribution is -0.144. The number of nitrogens with one attached hydrogen (secondary N) is 7. The van der Waals surface area contributed by atoms with Gasteiger partial charge in [-0.25, -0.2) is 0 Å². The molecule has 0 aromatic carbocycles. The Kier molecular flexibility index (Phi) is 18.0. The maximum Gasteiger partial charge on any atom is 0.246 e. The summed E-state index contributed by atoms with van der Waals surface area (Å²) in [5.74, 6) is -10.5. The number of primary amides is 1. The molecule has 2 aliphatic rings. The van der Waals surface area contributed by atoms with Crippen molar-refractivity contribution in [2.45, 2.75) is 88.5 Å². The molecule has 2 heterocycles. The Bertz CT molecular complexity index is 1420. The summed E-state index contributed by atoms with van der Waals surface area (Å²) in [6, 6.07) is -8.98. The molecule has 10 atom stereocenters. The Morgan fingerprint density at radius 3 is 1.98 bits per heavy atom. The molecular weight excluding hydrogens is 736 g/mol. The molecule has 0 aromatic rings. The molecule has 0 aliphatic carbocycles. The number of fused-ring (bicyclic) bond motifs is 1. The van der Waals surface area contributed by atoms with E-state index in [0.29, 0.717) is 6.42 Å². The maximum atomic E-state index is 13.8. The molecule has 14 N–H and O–H groups in total. The van der Waals surface area contributed by atoms with E-state index in [9.17, 15) is 58.5 Å². The van der Waals surface area contributed by atoms with Gasteiger partial charge in [-0.3, -0.25) is 43.2 Å². The number of hydrogen-bond acceptors (Lipinski definition) is 14. The molecule has 0 saturated carbocycles. The number of aliphatic hydroxyl groups excluding tert-OH is 3. The summed E-state index contributed by atoms with van der Waals surface area (Å²) in [6.45, 7) is 1.56. The summed E-state index contributed by atoms with van der Waals surface area (Å²) in [5, 5.41) is 47.0. The zero-order chi connectivity index (χ0) is 40.9. The molecule has 2 aliphatic heterocycles. The van der Waals surface area contributed by atoms with Crippen molar-refractivity contribution in [3.05, 3.63) is 0 Å². The fourth-order valence-electron chi connectivity index (χ4n) is 5.68. The van der Waals surface area contributed by atoms with E-state index in [1.54, 1.807) is 13.8 Å². The van der Waals surface area contributed by atoms with Crippen LogP contribution < -0.4 is 48.7 Å². The lowest BCUT2D eigenvalue weighted by atomic mass is 9.94. The average Bonchev–Trinajstić information content (AvgIpc) is 3.54. The second-order valence-electron chi connectivity index (χ2n) is 13.2. The van der Waals surface area contributed by atoms with Gasteiger partial charge in [-0.2, -0.15) is 12.6 Å². The van der Waals surface area contributed by atoms with Crippen LogP contribution in [0, 0.1) is 11.8 Å². The van der Waals surface area contributed by atoms with E-state index < -0.39 is 153 Å². The van der Waals surface area contributed by atoms with Gasteiger partial charge in [0.1, 0.15) is 36.3 Å². The minimum atomic E-state index is -1.71. The molecular formula is C31H52N10O12S. The van der Waals surface area contributed by atoms with E-state index in [4.69, 9.17) is 11.5 Å². The summed E-state index contributed by atoms with van der Waals surface area (Å²) in [5.41, 5.74) is 11.1. The quantitative estimate of drug-likeness (QED) is 0.0967. The van der Waals surface area contributed by atoms with Crippen molar-refractivity contribution >= 4 is 65.8 Å². The van der Waals surface area contributed by atoms with Gasteiger partial charge in [0.05, 0.1) is 38.3 Å². The van der Waals surface area contributed by atoms with E-state index in [1.807, 2.05) is 0 Å². The van der Waals surface area contributed by atoms with Crippen LogP contribution in [0.2, 0.25) is 0 Å². The van der Waals surface area contributed by atoms with Crippen LogP contribution in [0.4, 0.5) is 0 Å². The number of aliphatic hydroxyl groups is 3. The van der Waals surface area contributed by atoms with Gasteiger partial charge in [0.2, 0.25) is 53.2 Å². The third-order valence-corrected chi connectivity index (χ3v) is 9.51. The summed E-state index contributed by atoms with van der Waals surface area (Å²) >= 11 is 4.08. The van der Waals surface area contributed by atoms with Gasteiger partial charge in [0.15, 0.2) is 0 Å². The molecule has 0 unspecified atom stereocenters. The first kappa shape index (κ1) is 45.6. The van der Waals surface area contributed by atoms with Crippen LogP contribution in [0.25, 0.3) is 0 Å². The van der Waals surface area contributed by atoms with Crippen molar-refractivity contribution in [3.63, 3.8) is 0 Å². The van der Waals surface area contributed by atoms with Crippen molar-refractivity contribution in [2.75, 3.05) is 38.5 Å². The first-order chi connectivity index (χ1) is 25.4. The highest BCUT2D eigenvalue weighted by atomic mass is 32.1. The van der Waals surface area contributed by atoms with Crippen molar-refractivity contribution in [1.82, 2.24) is 42.1 Å². The van der Waals surface area contributed by atoms with Crippen molar-refractivity contribution in [3.8, 4) is 0 Å². The molecule has 0 aromatic heterocycles. The number of carbonyl (C=O) groups excluding carboxylic acids is 9. The third kappa shape index (κ3) is 12.8. The average molecular weight is 789 g/mol. The Labute approximate surface area is 316 Å². The number of nitrogens with zero attached hydrogens (tertiary/aromatic N) is 1. The molecule has 23 heteroatoms. The summed E-state index contributed by atoms with van der Waals surface area (Å²) in [7, 11) is 0. The predicted molar refractivity (Wildman–Crippen MR) is 190 cm³/mol. The van der Waals surface area contributed by atoms with Crippen LogP contribution in [-0.4, -0.2) is 160 Å². The molecule has 0 radical (unpaired) electrons. The van der Waals surface area contributed by atoms with Gasteiger partial charge in [-0.1, -0.05) is 27.2 Å². The third-order valence-electron chi connectivity index (χ3n) is 9.15. The minimum Gasteiger partial charge on any atom is -0.394 e. The summed E-state index contributed by atoms with van der Waals surface area (Å²) in [4.78, 5) is 119. The van der Waals surface area contributed by atoms with Crippen LogP contribution in [0.15, 0.2) is 0 Å². The predicted octanol–water partition coefficient (Wildman–Crippen LogP) is -7.58. The molecule has 2 rings (SSSR count). The molecule has 2 fully saturated rings. The van der Waals surface area contributed by atoms with Gasteiger partial charge in [-0.05, 0) is 5.92 Å². The highest BCUT2D eigenvalue weighted by Crippen LogP contribution is 2.21. The zero-order valence-electron chi connectivity index (χ0n) is 30.2. The highest BCUT2D eigenvalue weighted by Gasteiger charge is 2.44. The minimum absolute atomic E-state index is 0.319. The van der Waals surface area contributed by atoms with Crippen molar-refractivity contribution in [2.24, 2.45) is 23.3 Å². The van der Waals surface area contributed by atoms with Gasteiger partial charge < -0.3 is 68.9 Å². The zero-order valence-corrected chi connectivity index (χ0v) is 31.1.